The summed E-state index contributed by atoms with van der Waals surface area (Å²) >= 11 is 1.64. The van der Waals surface area contributed by atoms with Gasteiger partial charge in [0, 0.05) is 23.5 Å². The average molecular weight is 391 g/mol. The summed E-state index contributed by atoms with van der Waals surface area (Å²) in [6, 6.07) is 7.74. The monoisotopic (exact) mass is 390 g/mol. The van der Waals surface area contributed by atoms with Crippen molar-refractivity contribution in [2.75, 3.05) is 24.8 Å². The van der Waals surface area contributed by atoms with Crippen LogP contribution in [0.3, 0.4) is 0 Å². The number of ether oxygens (including phenoxy) is 1. The highest BCUT2D eigenvalue weighted by molar-refractivity contribution is 7.98. The zero-order valence-corrected chi connectivity index (χ0v) is 16.6. The Hall–Kier alpha value is -2.02. The van der Waals surface area contributed by atoms with E-state index in [1.165, 1.54) is 7.11 Å². The van der Waals surface area contributed by atoms with Gasteiger partial charge in [-0.25, -0.2) is 4.79 Å². The second kappa shape index (κ2) is 8.33. The molecule has 1 aliphatic heterocycles. The van der Waals surface area contributed by atoms with Gasteiger partial charge >= 0.3 is 5.97 Å². The lowest BCUT2D eigenvalue weighted by Crippen LogP contribution is -2.57. The van der Waals surface area contributed by atoms with Crippen molar-refractivity contribution in [2.24, 2.45) is 5.92 Å². The van der Waals surface area contributed by atoms with Crippen LogP contribution in [0.25, 0.3) is 0 Å². The van der Waals surface area contributed by atoms with E-state index in [9.17, 15) is 14.4 Å². The number of methoxy groups -OCH3 is 1. The van der Waals surface area contributed by atoms with E-state index < -0.39 is 11.5 Å². The molecule has 1 atom stereocenters. The molecule has 3 rings (SSSR count). The van der Waals surface area contributed by atoms with Gasteiger partial charge in [-0.3, -0.25) is 9.59 Å². The van der Waals surface area contributed by atoms with Crippen LogP contribution in [0.15, 0.2) is 29.2 Å². The molecule has 2 fully saturated rings. The quantitative estimate of drug-likeness (QED) is 0.618. The standard InChI is InChI=1S/C20H26N2O4S/c1-26-19(25)20(10-4-3-5-11-20)21-18(24)14-12-17(23)22(13-14)15-6-8-16(27-2)9-7-15/h6-9,14H,3-5,10-13H2,1-2H3,(H,21,24). The molecule has 1 saturated heterocycles. The van der Waals surface area contributed by atoms with Crippen LogP contribution in [0.4, 0.5) is 5.69 Å². The van der Waals surface area contributed by atoms with Crippen molar-refractivity contribution >= 4 is 35.2 Å². The lowest BCUT2D eigenvalue weighted by atomic mass is 9.81. The maximum atomic E-state index is 12.9. The van der Waals surface area contributed by atoms with Gasteiger partial charge in [0.2, 0.25) is 11.8 Å². The van der Waals surface area contributed by atoms with Crippen LogP contribution in [0.2, 0.25) is 0 Å². The van der Waals surface area contributed by atoms with Crippen molar-refractivity contribution in [3.05, 3.63) is 24.3 Å². The molecule has 1 aliphatic carbocycles. The van der Waals surface area contributed by atoms with Crippen LogP contribution < -0.4 is 10.2 Å². The molecule has 7 heteroatoms. The van der Waals surface area contributed by atoms with E-state index in [4.69, 9.17) is 4.74 Å². The normalized spacial score (nSPS) is 21.8. The maximum Gasteiger partial charge on any atom is 0.331 e. The van der Waals surface area contributed by atoms with E-state index >= 15 is 0 Å². The van der Waals surface area contributed by atoms with Crippen LogP contribution in [-0.4, -0.2) is 43.2 Å². The first kappa shape index (κ1) is 19.7. The number of thioether (sulfide) groups is 1. The molecule has 1 aromatic carbocycles. The van der Waals surface area contributed by atoms with Crippen molar-refractivity contribution in [3.63, 3.8) is 0 Å². The van der Waals surface area contributed by atoms with Gasteiger partial charge in [-0.1, -0.05) is 19.3 Å². The number of nitrogens with one attached hydrogen (secondary N) is 1. The summed E-state index contributed by atoms with van der Waals surface area (Å²) in [5, 5.41) is 2.94. The Morgan fingerprint density at radius 3 is 2.44 bits per heavy atom. The van der Waals surface area contributed by atoms with Crippen molar-refractivity contribution < 1.29 is 19.1 Å². The summed E-state index contributed by atoms with van der Waals surface area (Å²) in [7, 11) is 1.35. The number of amides is 2. The van der Waals surface area contributed by atoms with Gasteiger partial charge in [-0.2, -0.15) is 0 Å². The Morgan fingerprint density at radius 2 is 1.85 bits per heavy atom. The number of rotatable bonds is 5. The SMILES string of the molecule is COC(=O)C1(NC(=O)C2CC(=O)N(c3ccc(SC)cc3)C2)CCCCC1. The first-order valence-electron chi connectivity index (χ1n) is 9.34. The van der Waals surface area contributed by atoms with Crippen LogP contribution in [-0.2, 0) is 19.1 Å². The maximum absolute atomic E-state index is 12.9. The molecule has 2 amide bonds. The van der Waals surface area contributed by atoms with Crippen LogP contribution >= 0.6 is 11.8 Å². The highest BCUT2D eigenvalue weighted by atomic mass is 32.2. The molecule has 27 heavy (non-hydrogen) atoms. The lowest BCUT2D eigenvalue weighted by Gasteiger charge is -2.35. The molecule has 0 bridgehead atoms. The van der Waals surface area contributed by atoms with E-state index in [-0.39, 0.29) is 24.2 Å². The number of anilines is 1. The van der Waals surface area contributed by atoms with Crippen LogP contribution in [0.1, 0.15) is 38.5 Å². The first-order chi connectivity index (χ1) is 13.0. The smallest absolute Gasteiger partial charge is 0.331 e. The minimum Gasteiger partial charge on any atom is -0.467 e. The molecule has 0 radical (unpaired) electrons. The van der Waals surface area contributed by atoms with Crippen molar-refractivity contribution in [2.45, 2.75) is 49.0 Å². The summed E-state index contributed by atoms with van der Waals surface area (Å²) in [6.07, 6.45) is 6.15. The minimum absolute atomic E-state index is 0.0668. The van der Waals surface area contributed by atoms with Gasteiger partial charge in [-0.15, -0.1) is 11.8 Å². The summed E-state index contributed by atoms with van der Waals surface area (Å²) in [5.74, 6) is -1.15. The van der Waals surface area contributed by atoms with Gasteiger partial charge in [0.15, 0.2) is 0 Å². The van der Waals surface area contributed by atoms with Gasteiger partial charge < -0.3 is 15.0 Å². The molecule has 1 unspecified atom stereocenters. The van der Waals surface area contributed by atoms with E-state index in [1.54, 1.807) is 16.7 Å². The summed E-state index contributed by atoms with van der Waals surface area (Å²) < 4.78 is 4.96. The molecule has 1 N–H and O–H groups in total. The summed E-state index contributed by atoms with van der Waals surface area (Å²) in [5.41, 5.74) is -0.144. The van der Waals surface area contributed by atoms with Gasteiger partial charge in [-0.05, 0) is 43.4 Å². The predicted molar refractivity (Wildman–Crippen MR) is 105 cm³/mol. The fourth-order valence-electron chi connectivity index (χ4n) is 3.96. The van der Waals surface area contributed by atoms with Crippen molar-refractivity contribution in [3.8, 4) is 0 Å². The molecular formula is C20H26N2O4S. The largest absolute Gasteiger partial charge is 0.467 e. The number of carbonyl (C=O) groups is 3. The Kier molecular flexibility index (Phi) is 6.09. The zero-order chi connectivity index (χ0) is 19.4. The number of hydrogen-bond acceptors (Lipinski definition) is 5. The topological polar surface area (TPSA) is 75.7 Å². The highest BCUT2D eigenvalue weighted by Crippen LogP contribution is 2.32. The van der Waals surface area contributed by atoms with E-state index in [0.717, 1.165) is 29.8 Å². The third-order valence-electron chi connectivity index (χ3n) is 5.53. The third kappa shape index (κ3) is 4.13. The van der Waals surface area contributed by atoms with E-state index in [0.29, 0.717) is 19.4 Å². The van der Waals surface area contributed by atoms with Gasteiger partial charge in [0.1, 0.15) is 5.54 Å². The fraction of sp³-hybridized carbons (Fsp3) is 0.550. The average Bonchev–Trinajstić information content (AvgIpc) is 3.10. The second-order valence-corrected chi connectivity index (χ2v) is 8.11. The minimum atomic E-state index is -0.944. The Bertz CT molecular complexity index is 713. The molecule has 6 nitrogen and oxygen atoms in total. The van der Waals surface area contributed by atoms with E-state index in [1.807, 2.05) is 30.5 Å². The van der Waals surface area contributed by atoms with Crippen molar-refractivity contribution in [1.82, 2.24) is 5.32 Å². The lowest BCUT2D eigenvalue weighted by molar-refractivity contribution is -0.153. The number of hydrogen-bond donors (Lipinski definition) is 1. The molecular weight excluding hydrogens is 364 g/mol. The fourth-order valence-corrected chi connectivity index (χ4v) is 4.37. The number of nitrogens with zero attached hydrogens (tertiary/aromatic N) is 1. The Morgan fingerprint density at radius 1 is 1.19 bits per heavy atom. The Labute approximate surface area is 164 Å². The first-order valence-corrected chi connectivity index (χ1v) is 10.6. The Balaban J connectivity index is 1.70. The van der Waals surface area contributed by atoms with Crippen LogP contribution in [0, 0.1) is 5.92 Å². The molecule has 0 aromatic heterocycles. The van der Waals surface area contributed by atoms with Crippen molar-refractivity contribution in [1.29, 1.82) is 0 Å². The number of carbonyl (C=O) groups excluding carboxylic acids is 3. The second-order valence-electron chi connectivity index (χ2n) is 7.23. The third-order valence-corrected chi connectivity index (χ3v) is 6.27. The molecule has 0 spiro atoms. The summed E-state index contributed by atoms with van der Waals surface area (Å²) in [6.45, 7) is 0.334. The molecule has 146 valence electrons. The van der Waals surface area contributed by atoms with Gasteiger partial charge in [0.25, 0.3) is 0 Å². The molecule has 1 heterocycles. The highest BCUT2D eigenvalue weighted by Gasteiger charge is 2.44. The number of benzene rings is 1. The van der Waals surface area contributed by atoms with Crippen LogP contribution in [0.5, 0.6) is 0 Å². The zero-order valence-electron chi connectivity index (χ0n) is 15.8. The van der Waals surface area contributed by atoms with E-state index in [2.05, 4.69) is 5.32 Å². The molecule has 1 aromatic rings. The predicted octanol–water partition coefficient (Wildman–Crippen LogP) is 2.75. The number of esters is 1. The van der Waals surface area contributed by atoms with Gasteiger partial charge in [0.05, 0.1) is 13.0 Å². The molecule has 2 aliphatic rings. The summed E-state index contributed by atoms with van der Waals surface area (Å²) in [4.78, 5) is 40.4. The molecule has 1 saturated carbocycles.